The van der Waals surface area contributed by atoms with E-state index >= 15 is 0 Å². The van der Waals surface area contributed by atoms with E-state index in [0.29, 0.717) is 80.0 Å². The fourth-order valence-electron chi connectivity index (χ4n) is 5.53. The number of pyridine rings is 1. The van der Waals surface area contributed by atoms with Gasteiger partial charge in [-0.3, -0.25) is 9.78 Å². The van der Waals surface area contributed by atoms with Crippen LogP contribution in [-0.4, -0.2) is 58.6 Å². The Morgan fingerprint density at radius 1 is 1.20 bits per heavy atom. The first-order valence-electron chi connectivity index (χ1n) is 13.2. The number of rotatable bonds is 12. The van der Waals surface area contributed by atoms with Gasteiger partial charge in [-0.2, -0.15) is 0 Å². The number of fused-ring (bicyclic) bond motifs is 1. The van der Waals surface area contributed by atoms with Crippen LogP contribution in [0.3, 0.4) is 0 Å². The molecule has 1 aromatic heterocycles. The number of carboxylic acid groups (broad SMARTS) is 1. The number of carboxylic acids is 1. The molecule has 1 aliphatic heterocycles. The molecule has 0 aliphatic carbocycles. The summed E-state index contributed by atoms with van der Waals surface area (Å²) in [5.41, 5.74) is 7.60. The minimum atomic E-state index is -0.952. The fraction of sp³-hybridized carbons (Fsp3) is 0.448. The summed E-state index contributed by atoms with van der Waals surface area (Å²) in [5.74, 6) is -2.63. The fourth-order valence-corrected chi connectivity index (χ4v) is 6.48. The lowest BCUT2D eigenvalue weighted by Gasteiger charge is -2.41. The predicted octanol–water partition coefficient (Wildman–Crippen LogP) is 5.28. The molecule has 2 aromatic carbocycles. The number of benzene rings is 2. The standard InChI is InChI=1S/C29H34F3N3O4S/c1-39-20-2-3-24-21(14-20)27(18(16-33)17-34-24)25(36)4-5-29(15-26(37)38)6-8-35(9-7-29)10-11-40-28-22(31)12-19(30)13-23(28)32/h2-3,12-14,17,25,36H,4-11,15-16,33H2,1H3,(H,37,38). The second-order valence-corrected chi connectivity index (χ2v) is 11.4. The molecule has 1 fully saturated rings. The summed E-state index contributed by atoms with van der Waals surface area (Å²) < 4.78 is 46.4. The molecule has 40 heavy (non-hydrogen) atoms. The van der Waals surface area contributed by atoms with Gasteiger partial charge in [0.05, 0.1) is 30.0 Å². The Morgan fingerprint density at radius 2 is 1.90 bits per heavy atom. The highest BCUT2D eigenvalue weighted by atomic mass is 32.2. The molecule has 0 radical (unpaired) electrons. The van der Waals surface area contributed by atoms with E-state index in [0.717, 1.165) is 22.7 Å². The number of piperidine rings is 1. The van der Waals surface area contributed by atoms with E-state index in [-0.39, 0.29) is 17.9 Å². The molecule has 4 N–H and O–H groups in total. The Labute approximate surface area is 235 Å². The van der Waals surface area contributed by atoms with E-state index in [4.69, 9.17) is 10.5 Å². The molecule has 0 amide bonds. The second-order valence-electron chi connectivity index (χ2n) is 10.3. The highest BCUT2D eigenvalue weighted by molar-refractivity contribution is 7.99. The average Bonchev–Trinajstić information content (AvgIpc) is 2.92. The van der Waals surface area contributed by atoms with Crippen molar-refractivity contribution >= 4 is 28.6 Å². The zero-order chi connectivity index (χ0) is 28.9. The van der Waals surface area contributed by atoms with Crippen molar-refractivity contribution in [2.75, 3.05) is 32.5 Å². The molecular weight excluding hydrogens is 543 g/mol. The van der Waals surface area contributed by atoms with E-state index in [1.807, 2.05) is 12.1 Å². The minimum absolute atomic E-state index is 0.0109. The van der Waals surface area contributed by atoms with Crippen LogP contribution in [0.4, 0.5) is 13.2 Å². The number of likely N-dealkylation sites (tertiary alicyclic amines) is 1. The van der Waals surface area contributed by atoms with Crippen LogP contribution in [0.15, 0.2) is 41.4 Å². The van der Waals surface area contributed by atoms with Gasteiger partial charge >= 0.3 is 5.97 Å². The van der Waals surface area contributed by atoms with Gasteiger partial charge in [0.1, 0.15) is 23.2 Å². The number of carbonyl (C=O) groups is 1. The Morgan fingerprint density at radius 3 is 2.52 bits per heavy atom. The number of thioether (sulfide) groups is 1. The number of hydrogen-bond donors (Lipinski definition) is 3. The molecule has 4 rings (SSSR count). The lowest BCUT2D eigenvalue weighted by molar-refractivity contribution is -0.141. The summed E-state index contributed by atoms with van der Waals surface area (Å²) in [6.07, 6.45) is 2.89. The van der Waals surface area contributed by atoms with Crippen LogP contribution in [0.5, 0.6) is 5.75 Å². The summed E-state index contributed by atoms with van der Waals surface area (Å²) in [7, 11) is 1.57. The zero-order valence-electron chi connectivity index (χ0n) is 22.3. The number of aromatic nitrogens is 1. The molecule has 1 aliphatic rings. The Balaban J connectivity index is 1.41. The van der Waals surface area contributed by atoms with Crippen molar-refractivity contribution in [2.45, 2.75) is 49.6 Å². The number of hydrogen-bond acceptors (Lipinski definition) is 7. The number of aliphatic hydroxyl groups excluding tert-OH is 1. The van der Waals surface area contributed by atoms with Gasteiger partial charge in [-0.1, -0.05) is 0 Å². The third kappa shape index (κ3) is 7.06. The van der Waals surface area contributed by atoms with Crippen molar-refractivity contribution in [1.82, 2.24) is 9.88 Å². The van der Waals surface area contributed by atoms with Crippen LogP contribution in [-0.2, 0) is 11.3 Å². The van der Waals surface area contributed by atoms with Gasteiger partial charge in [0.2, 0.25) is 0 Å². The number of aliphatic hydroxyl groups is 1. The number of halogens is 3. The lowest BCUT2D eigenvalue weighted by atomic mass is 9.71. The van der Waals surface area contributed by atoms with Crippen LogP contribution < -0.4 is 10.5 Å². The number of aliphatic carboxylic acids is 1. The minimum Gasteiger partial charge on any atom is -0.497 e. The molecule has 0 saturated carbocycles. The summed E-state index contributed by atoms with van der Waals surface area (Å²) in [4.78, 5) is 18.2. The van der Waals surface area contributed by atoms with Crippen LogP contribution in [0.1, 0.15) is 49.3 Å². The van der Waals surface area contributed by atoms with E-state index < -0.39 is 34.9 Å². The summed E-state index contributed by atoms with van der Waals surface area (Å²) in [5, 5.41) is 21.8. The van der Waals surface area contributed by atoms with Gasteiger partial charge in [0.25, 0.3) is 0 Å². The zero-order valence-corrected chi connectivity index (χ0v) is 23.2. The molecule has 11 heteroatoms. The second kappa shape index (κ2) is 13.2. The topological polar surface area (TPSA) is 109 Å². The Kier molecular flexibility index (Phi) is 9.94. The first-order chi connectivity index (χ1) is 19.1. The first-order valence-corrected chi connectivity index (χ1v) is 14.2. The molecule has 1 unspecified atom stereocenters. The molecule has 3 aromatic rings. The van der Waals surface area contributed by atoms with Crippen molar-refractivity contribution in [3.05, 3.63) is 65.1 Å². The molecule has 216 valence electrons. The van der Waals surface area contributed by atoms with Crippen molar-refractivity contribution in [1.29, 1.82) is 0 Å². The van der Waals surface area contributed by atoms with E-state index in [2.05, 4.69) is 9.88 Å². The summed E-state index contributed by atoms with van der Waals surface area (Å²) >= 11 is 0.995. The van der Waals surface area contributed by atoms with Gasteiger partial charge < -0.3 is 25.6 Å². The van der Waals surface area contributed by atoms with Crippen molar-refractivity contribution < 1.29 is 32.9 Å². The maximum Gasteiger partial charge on any atom is 0.303 e. The predicted molar refractivity (Wildman–Crippen MR) is 148 cm³/mol. The van der Waals surface area contributed by atoms with Gasteiger partial charge in [-0.05, 0) is 73.5 Å². The molecule has 0 bridgehead atoms. The highest BCUT2D eigenvalue weighted by Crippen LogP contribution is 2.42. The summed E-state index contributed by atoms with van der Waals surface area (Å²) in [6, 6.07) is 6.79. The number of nitrogens with zero attached hydrogens (tertiary/aromatic N) is 2. The first kappa shape index (κ1) is 30.1. The normalized spacial score (nSPS) is 16.2. The maximum atomic E-state index is 13.9. The Bertz CT molecular complexity index is 1320. The van der Waals surface area contributed by atoms with Crippen molar-refractivity contribution in [3.8, 4) is 5.75 Å². The van der Waals surface area contributed by atoms with Crippen LogP contribution in [0.2, 0.25) is 0 Å². The molecule has 1 saturated heterocycles. The largest absolute Gasteiger partial charge is 0.497 e. The third-order valence-corrected chi connectivity index (χ3v) is 8.83. The quantitative estimate of drug-likeness (QED) is 0.250. The van der Waals surface area contributed by atoms with Gasteiger partial charge in [0, 0.05) is 42.6 Å². The average molecular weight is 578 g/mol. The maximum absolute atomic E-state index is 13.9. The van der Waals surface area contributed by atoms with Crippen molar-refractivity contribution in [2.24, 2.45) is 11.1 Å². The van der Waals surface area contributed by atoms with E-state index in [1.54, 1.807) is 19.4 Å². The molecule has 0 spiro atoms. The highest BCUT2D eigenvalue weighted by Gasteiger charge is 2.37. The van der Waals surface area contributed by atoms with Gasteiger partial charge in [-0.25, -0.2) is 13.2 Å². The van der Waals surface area contributed by atoms with E-state index in [9.17, 15) is 28.2 Å². The van der Waals surface area contributed by atoms with Gasteiger partial charge in [0.15, 0.2) is 0 Å². The monoisotopic (exact) mass is 577 g/mol. The molecule has 7 nitrogen and oxygen atoms in total. The molecule has 2 heterocycles. The Hall–Kier alpha value is -2.86. The smallest absolute Gasteiger partial charge is 0.303 e. The molecule has 1 atom stereocenters. The number of methoxy groups -OCH3 is 1. The summed E-state index contributed by atoms with van der Waals surface area (Å²) in [6.45, 7) is 2.01. The van der Waals surface area contributed by atoms with Crippen molar-refractivity contribution in [3.63, 3.8) is 0 Å². The number of nitrogens with two attached hydrogens (primary N) is 1. The van der Waals surface area contributed by atoms with Crippen LogP contribution >= 0.6 is 11.8 Å². The van der Waals surface area contributed by atoms with E-state index in [1.165, 1.54) is 0 Å². The lowest BCUT2D eigenvalue weighted by Crippen LogP contribution is -2.42. The SMILES string of the molecule is COc1ccc2ncc(CN)c(C(O)CCC3(CC(=O)O)CCN(CCSc4c(F)cc(F)cc4F)CC3)c2c1. The third-order valence-electron chi connectivity index (χ3n) is 7.76. The van der Waals surface area contributed by atoms with Gasteiger partial charge in [-0.15, -0.1) is 11.8 Å². The van der Waals surface area contributed by atoms with Crippen LogP contribution in [0, 0.1) is 22.9 Å². The number of ether oxygens (including phenoxy) is 1. The molecular formula is C29H34F3N3O4S. The van der Waals surface area contributed by atoms with Crippen LogP contribution in [0.25, 0.3) is 10.9 Å².